The second-order valence-corrected chi connectivity index (χ2v) is 4.48. The van der Waals surface area contributed by atoms with Gasteiger partial charge in [-0.25, -0.2) is 0 Å². The van der Waals surface area contributed by atoms with E-state index in [0.29, 0.717) is 5.69 Å². The van der Waals surface area contributed by atoms with Crippen LogP contribution in [-0.2, 0) is 6.18 Å². The number of benzene rings is 1. The maximum Gasteiger partial charge on any atom is 0.416 e. The highest BCUT2D eigenvalue weighted by Crippen LogP contribution is 2.37. The third-order valence-electron chi connectivity index (χ3n) is 2.76. The Balaban J connectivity index is 2.58. The maximum atomic E-state index is 12.7. The van der Waals surface area contributed by atoms with E-state index in [0.717, 1.165) is 18.2 Å². The molecule has 1 N–H and O–H groups in total. The summed E-state index contributed by atoms with van der Waals surface area (Å²) in [5, 5.41) is 13.8. The van der Waals surface area contributed by atoms with Gasteiger partial charge in [-0.2, -0.15) is 18.3 Å². The standard InChI is InChI=1S/C13H13F3N2O/c1-8(2)18-11(5-6-17-18)10-7-9(13(14,15)16)3-4-12(10)19/h3-8,19H,1-2H3. The van der Waals surface area contributed by atoms with Gasteiger partial charge in [-0.15, -0.1) is 0 Å². The maximum absolute atomic E-state index is 12.7. The van der Waals surface area contributed by atoms with Crippen LogP contribution in [-0.4, -0.2) is 14.9 Å². The number of aromatic nitrogens is 2. The molecule has 0 unspecified atom stereocenters. The summed E-state index contributed by atoms with van der Waals surface area (Å²) in [7, 11) is 0. The van der Waals surface area contributed by atoms with Gasteiger partial charge in [-0.05, 0) is 38.1 Å². The van der Waals surface area contributed by atoms with Crippen LogP contribution in [0.1, 0.15) is 25.5 Å². The van der Waals surface area contributed by atoms with Gasteiger partial charge in [0.05, 0.1) is 11.3 Å². The third kappa shape index (κ3) is 2.57. The van der Waals surface area contributed by atoms with Gasteiger partial charge < -0.3 is 5.11 Å². The molecule has 2 rings (SSSR count). The molecule has 0 fully saturated rings. The molecule has 0 aliphatic carbocycles. The molecule has 102 valence electrons. The molecule has 19 heavy (non-hydrogen) atoms. The normalized spacial score (nSPS) is 12.1. The highest BCUT2D eigenvalue weighted by molar-refractivity contribution is 5.68. The molecule has 0 saturated carbocycles. The van der Waals surface area contributed by atoms with Crippen molar-refractivity contribution < 1.29 is 18.3 Å². The topological polar surface area (TPSA) is 38.0 Å². The molecule has 0 aliphatic heterocycles. The van der Waals surface area contributed by atoms with Gasteiger partial charge in [-0.1, -0.05) is 0 Å². The summed E-state index contributed by atoms with van der Waals surface area (Å²) < 4.78 is 39.7. The molecule has 3 nitrogen and oxygen atoms in total. The number of phenolic OH excluding ortho intramolecular Hbond substituents is 1. The zero-order chi connectivity index (χ0) is 14.2. The zero-order valence-corrected chi connectivity index (χ0v) is 10.4. The van der Waals surface area contributed by atoms with Crippen molar-refractivity contribution in [1.82, 2.24) is 9.78 Å². The number of nitrogens with zero attached hydrogens (tertiary/aromatic N) is 2. The van der Waals surface area contributed by atoms with Crippen LogP contribution in [0.5, 0.6) is 5.75 Å². The van der Waals surface area contributed by atoms with E-state index in [1.54, 1.807) is 10.7 Å². The molecule has 0 atom stereocenters. The molecule has 0 radical (unpaired) electrons. The molecule has 6 heteroatoms. The molecule has 1 heterocycles. The van der Waals surface area contributed by atoms with E-state index in [1.807, 2.05) is 13.8 Å². The van der Waals surface area contributed by atoms with Crippen molar-refractivity contribution in [2.45, 2.75) is 26.1 Å². The van der Waals surface area contributed by atoms with Crippen LogP contribution >= 0.6 is 0 Å². The number of aromatic hydroxyl groups is 1. The van der Waals surface area contributed by atoms with E-state index in [2.05, 4.69) is 5.10 Å². The van der Waals surface area contributed by atoms with Gasteiger partial charge in [-0.3, -0.25) is 4.68 Å². The molecule has 1 aromatic heterocycles. The van der Waals surface area contributed by atoms with E-state index < -0.39 is 11.7 Å². The fourth-order valence-electron chi connectivity index (χ4n) is 1.86. The first-order valence-corrected chi connectivity index (χ1v) is 5.75. The lowest BCUT2D eigenvalue weighted by Crippen LogP contribution is -2.07. The number of alkyl halides is 3. The van der Waals surface area contributed by atoms with E-state index >= 15 is 0 Å². The number of hydrogen-bond acceptors (Lipinski definition) is 2. The summed E-state index contributed by atoms with van der Waals surface area (Å²) >= 11 is 0. The fourth-order valence-corrected chi connectivity index (χ4v) is 1.86. The summed E-state index contributed by atoms with van der Waals surface area (Å²) in [5.74, 6) is -0.199. The molecular weight excluding hydrogens is 257 g/mol. The summed E-state index contributed by atoms with van der Waals surface area (Å²) in [4.78, 5) is 0. The third-order valence-corrected chi connectivity index (χ3v) is 2.76. The molecule has 1 aromatic carbocycles. The van der Waals surface area contributed by atoms with Crippen LogP contribution in [0.2, 0.25) is 0 Å². The number of rotatable bonds is 2. The first-order chi connectivity index (χ1) is 8.80. The van der Waals surface area contributed by atoms with Crippen LogP contribution in [0.15, 0.2) is 30.5 Å². The van der Waals surface area contributed by atoms with Gasteiger partial charge >= 0.3 is 6.18 Å². The summed E-state index contributed by atoms with van der Waals surface area (Å²) in [5.41, 5.74) is -0.212. The van der Waals surface area contributed by atoms with Crippen molar-refractivity contribution in [2.24, 2.45) is 0 Å². The van der Waals surface area contributed by atoms with Gasteiger partial charge in [0.15, 0.2) is 0 Å². The Morgan fingerprint density at radius 2 is 1.89 bits per heavy atom. The minimum absolute atomic E-state index is 0.0149. The van der Waals surface area contributed by atoms with E-state index in [1.165, 1.54) is 6.20 Å². The Labute approximate surface area is 108 Å². The Bertz CT molecular complexity index is 588. The molecule has 0 spiro atoms. The lowest BCUT2D eigenvalue weighted by atomic mass is 10.1. The Morgan fingerprint density at radius 3 is 2.47 bits per heavy atom. The number of hydrogen-bond donors (Lipinski definition) is 1. The molecule has 0 amide bonds. The highest BCUT2D eigenvalue weighted by Gasteiger charge is 2.31. The minimum Gasteiger partial charge on any atom is -0.507 e. The van der Waals surface area contributed by atoms with Crippen molar-refractivity contribution >= 4 is 0 Å². The van der Waals surface area contributed by atoms with Crippen molar-refractivity contribution in [1.29, 1.82) is 0 Å². The van der Waals surface area contributed by atoms with Crippen LogP contribution in [0, 0.1) is 0 Å². The zero-order valence-electron chi connectivity index (χ0n) is 10.4. The quantitative estimate of drug-likeness (QED) is 0.900. The van der Waals surface area contributed by atoms with Crippen molar-refractivity contribution in [3.8, 4) is 17.0 Å². The molecule has 0 bridgehead atoms. The average Bonchev–Trinajstić information content (AvgIpc) is 2.76. The van der Waals surface area contributed by atoms with Gasteiger partial charge in [0, 0.05) is 17.8 Å². The van der Waals surface area contributed by atoms with E-state index in [-0.39, 0.29) is 17.4 Å². The van der Waals surface area contributed by atoms with Crippen molar-refractivity contribution in [2.75, 3.05) is 0 Å². The first kappa shape index (κ1) is 13.5. The van der Waals surface area contributed by atoms with Crippen LogP contribution < -0.4 is 0 Å². The summed E-state index contributed by atoms with van der Waals surface area (Å²) in [6.45, 7) is 3.72. The van der Waals surface area contributed by atoms with Crippen LogP contribution in [0.4, 0.5) is 13.2 Å². The molecule has 0 saturated heterocycles. The SMILES string of the molecule is CC(C)n1nccc1-c1cc(C(F)(F)F)ccc1O. The van der Waals surface area contributed by atoms with Crippen LogP contribution in [0.25, 0.3) is 11.3 Å². The van der Waals surface area contributed by atoms with E-state index in [4.69, 9.17) is 0 Å². The summed E-state index contributed by atoms with van der Waals surface area (Å²) in [6.07, 6.45) is -2.94. The Kier molecular flexibility index (Phi) is 3.26. The van der Waals surface area contributed by atoms with Gasteiger partial charge in [0.25, 0.3) is 0 Å². The Hall–Kier alpha value is -1.98. The molecule has 2 aromatic rings. The van der Waals surface area contributed by atoms with E-state index in [9.17, 15) is 18.3 Å². The van der Waals surface area contributed by atoms with Crippen LogP contribution in [0.3, 0.4) is 0 Å². The predicted molar refractivity (Wildman–Crippen MR) is 64.7 cm³/mol. The second kappa shape index (κ2) is 4.60. The van der Waals surface area contributed by atoms with Crippen molar-refractivity contribution in [3.05, 3.63) is 36.0 Å². The predicted octanol–water partition coefficient (Wildman–Crippen LogP) is 3.86. The second-order valence-electron chi connectivity index (χ2n) is 4.48. The molecule has 0 aliphatic rings. The molecular formula is C13H13F3N2O. The Morgan fingerprint density at radius 1 is 1.21 bits per heavy atom. The van der Waals surface area contributed by atoms with Gasteiger partial charge in [0.1, 0.15) is 5.75 Å². The van der Waals surface area contributed by atoms with Crippen molar-refractivity contribution in [3.63, 3.8) is 0 Å². The summed E-state index contributed by atoms with van der Waals surface area (Å²) in [6, 6.07) is 4.41. The average molecular weight is 270 g/mol. The van der Waals surface area contributed by atoms with Gasteiger partial charge in [0.2, 0.25) is 0 Å². The largest absolute Gasteiger partial charge is 0.507 e. The lowest BCUT2D eigenvalue weighted by molar-refractivity contribution is -0.137. The number of phenols is 1. The first-order valence-electron chi connectivity index (χ1n) is 5.75. The highest BCUT2D eigenvalue weighted by atomic mass is 19.4. The smallest absolute Gasteiger partial charge is 0.416 e. The number of halogens is 3. The fraction of sp³-hybridized carbons (Fsp3) is 0.308. The lowest BCUT2D eigenvalue weighted by Gasteiger charge is -2.14. The monoisotopic (exact) mass is 270 g/mol. The minimum atomic E-state index is -4.44.